The molecule has 2 rings (SSSR count). The SMILES string of the molecule is CCC(C)NC(=O)c1ccccc1SCc1ccccc1. The van der Waals surface area contributed by atoms with Crippen LogP contribution in [0.2, 0.25) is 0 Å². The van der Waals surface area contributed by atoms with Crippen molar-refractivity contribution in [3.8, 4) is 0 Å². The Morgan fingerprint density at radius 3 is 2.48 bits per heavy atom. The zero-order valence-electron chi connectivity index (χ0n) is 12.5. The molecule has 3 heteroatoms. The largest absolute Gasteiger partial charge is 0.350 e. The third kappa shape index (κ3) is 4.64. The minimum atomic E-state index is 0.0144. The standard InChI is InChI=1S/C18H21NOS/c1-3-14(2)19-18(20)16-11-7-8-12-17(16)21-13-15-9-5-4-6-10-15/h4-12,14H,3,13H2,1-2H3,(H,19,20). The molecule has 1 unspecified atom stereocenters. The van der Waals surface area contributed by atoms with E-state index in [1.165, 1.54) is 5.56 Å². The van der Waals surface area contributed by atoms with E-state index in [9.17, 15) is 4.79 Å². The van der Waals surface area contributed by atoms with Gasteiger partial charge in [-0.15, -0.1) is 11.8 Å². The molecule has 0 heterocycles. The Hall–Kier alpha value is -1.74. The molecule has 0 fully saturated rings. The lowest BCUT2D eigenvalue weighted by molar-refractivity contribution is 0.0936. The van der Waals surface area contributed by atoms with Crippen molar-refractivity contribution >= 4 is 17.7 Å². The van der Waals surface area contributed by atoms with E-state index in [1.807, 2.05) is 49.4 Å². The first-order chi connectivity index (χ1) is 10.2. The van der Waals surface area contributed by atoms with Crippen molar-refractivity contribution in [2.45, 2.75) is 37.0 Å². The van der Waals surface area contributed by atoms with Crippen molar-refractivity contribution in [3.05, 3.63) is 65.7 Å². The molecule has 1 atom stereocenters. The molecule has 0 aliphatic heterocycles. The van der Waals surface area contributed by atoms with Crippen LogP contribution >= 0.6 is 11.8 Å². The topological polar surface area (TPSA) is 29.1 Å². The molecule has 2 aromatic rings. The van der Waals surface area contributed by atoms with Gasteiger partial charge >= 0.3 is 0 Å². The zero-order valence-corrected chi connectivity index (χ0v) is 13.3. The highest BCUT2D eigenvalue weighted by atomic mass is 32.2. The van der Waals surface area contributed by atoms with Crippen LogP contribution in [-0.4, -0.2) is 11.9 Å². The molecular weight excluding hydrogens is 278 g/mol. The third-order valence-electron chi connectivity index (χ3n) is 3.36. The molecule has 110 valence electrons. The van der Waals surface area contributed by atoms with Gasteiger partial charge in [-0.05, 0) is 31.0 Å². The maximum Gasteiger partial charge on any atom is 0.252 e. The molecule has 1 N–H and O–H groups in total. The van der Waals surface area contributed by atoms with E-state index in [1.54, 1.807) is 11.8 Å². The summed E-state index contributed by atoms with van der Waals surface area (Å²) in [6.45, 7) is 4.10. The van der Waals surface area contributed by atoms with E-state index in [-0.39, 0.29) is 11.9 Å². The third-order valence-corrected chi connectivity index (χ3v) is 4.50. The van der Waals surface area contributed by atoms with Crippen molar-refractivity contribution in [1.29, 1.82) is 0 Å². The van der Waals surface area contributed by atoms with Gasteiger partial charge in [0, 0.05) is 16.7 Å². The van der Waals surface area contributed by atoms with Crippen LogP contribution in [0.4, 0.5) is 0 Å². The number of nitrogens with one attached hydrogen (secondary N) is 1. The second-order valence-electron chi connectivity index (χ2n) is 5.05. The molecule has 2 aromatic carbocycles. The Bertz CT molecular complexity index is 583. The van der Waals surface area contributed by atoms with Crippen LogP contribution in [0.5, 0.6) is 0 Å². The molecule has 0 saturated heterocycles. The highest BCUT2D eigenvalue weighted by Crippen LogP contribution is 2.26. The van der Waals surface area contributed by atoms with Crippen LogP contribution in [0.25, 0.3) is 0 Å². The van der Waals surface area contributed by atoms with Crippen molar-refractivity contribution in [2.24, 2.45) is 0 Å². The Labute approximate surface area is 131 Å². The summed E-state index contributed by atoms with van der Waals surface area (Å²) in [4.78, 5) is 13.4. The van der Waals surface area contributed by atoms with Crippen molar-refractivity contribution < 1.29 is 4.79 Å². The summed E-state index contributed by atoms with van der Waals surface area (Å²) in [7, 11) is 0. The predicted octanol–water partition coefficient (Wildman–Crippen LogP) is 4.51. The molecule has 2 nitrogen and oxygen atoms in total. The van der Waals surface area contributed by atoms with E-state index in [0.717, 1.165) is 22.6 Å². The van der Waals surface area contributed by atoms with Gasteiger partial charge in [-0.3, -0.25) is 4.79 Å². The molecule has 0 aliphatic carbocycles. The van der Waals surface area contributed by atoms with Gasteiger partial charge in [0.25, 0.3) is 5.91 Å². The van der Waals surface area contributed by atoms with Crippen LogP contribution in [0.1, 0.15) is 36.2 Å². The van der Waals surface area contributed by atoms with Crippen molar-refractivity contribution in [1.82, 2.24) is 5.32 Å². The normalized spacial score (nSPS) is 11.9. The minimum Gasteiger partial charge on any atom is -0.350 e. The molecule has 0 aromatic heterocycles. The maximum atomic E-state index is 12.3. The van der Waals surface area contributed by atoms with Crippen LogP contribution in [0.15, 0.2) is 59.5 Å². The van der Waals surface area contributed by atoms with Crippen LogP contribution in [0.3, 0.4) is 0 Å². The molecule has 0 bridgehead atoms. The number of hydrogen-bond donors (Lipinski definition) is 1. The van der Waals surface area contributed by atoms with Gasteiger partial charge in [0.15, 0.2) is 0 Å². The zero-order chi connectivity index (χ0) is 15.1. The van der Waals surface area contributed by atoms with E-state index >= 15 is 0 Å². The van der Waals surface area contributed by atoms with E-state index < -0.39 is 0 Å². The quantitative estimate of drug-likeness (QED) is 0.795. The highest BCUT2D eigenvalue weighted by molar-refractivity contribution is 7.98. The van der Waals surface area contributed by atoms with E-state index in [2.05, 4.69) is 24.4 Å². The van der Waals surface area contributed by atoms with Crippen LogP contribution < -0.4 is 5.32 Å². The fraction of sp³-hybridized carbons (Fsp3) is 0.278. The number of thioether (sulfide) groups is 1. The summed E-state index contributed by atoms with van der Waals surface area (Å²) in [5.74, 6) is 0.884. The summed E-state index contributed by atoms with van der Waals surface area (Å²) < 4.78 is 0. The second kappa shape index (κ2) is 7.89. The molecule has 0 aliphatic rings. The van der Waals surface area contributed by atoms with Crippen molar-refractivity contribution in [3.63, 3.8) is 0 Å². The van der Waals surface area contributed by atoms with E-state index in [4.69, 9.17) is 0 Å². The van der Waals surface area contributed by atoms with E-state index in [0.29, 0.717) is 0 Å². The number of benzene rings is 2. The number of rotatable bonds is 6. The summed E-state index contributed by atoms with van der Waals surface area (Å²) in [5.41, 5.74) is 2.03. The first kappa shape index (κ1) is 15.6. The molecule has 21 heavy (non-hydrogen) atoms. The van der Waals surface area contributed by atoms with Gasteiger partial charge in [-0.25, -0.2) is 0 Å². The summed E-state index contributed by atoms with van der Waals surface area (Å²) >= 11 is 1.70. The molecule has 0 spiro atoms. The lowest BCUT2D eigenvalue weighted by Gasteiger charge is -2.13. The molecule has 0 saturated carbocycles. The van der Waals surface area contributed by atoms with Gasteiger partial charge in [-0.2, -0.15) is 0 Å². The van der Waals surface area contributed by atoms with Crippen LogP contribution in [-0.2, 0) is 5.75 Å². The fourth-order valence-corrected chi connectivity index (χ4v) is 2.92. The average Bonchev–Trinajstić information content (AvgIpc) is 2.54. The first-order valence-electron chi connectivity index (χ1n) is 7.27. The Morgan fingerprint density at radius 1 is 1.10 bits per heavy atom. The maximum absolute atomic E-state index is 12.3. The molecule has 1 amide bonds. The number of hydrogen-bond acceptors (Lipinski definition) is 2. The smallest absolute Gasteiger partial charge is 0.252 e. The Morgan fingerprint density at radius 2 is 1.76 bits per heavy atom. The Balaban J connectivity index is 2.08. The summed E-state index contributed by atoms with van der Waals surface area (Å²) in [5, 5.41) is 3.03. The monoisotopic (exact) mass is 299 g/mol. The number of carbonyl (C=O) groups is 1. The van der Waals surface area contributed by atoms with Crippen molar-refractivity contribution in [2.75, 3.05) is 0 Å². The van der Waals surface area contributed by atoms with Gasteiger partial charge in [0.2, 0.25) is 0 Å². The number of amides is 1. The summed E-state index contributed by atoms with van der Waals surface area (Å²) in [6, 6.07) is 18.3. The lowest BCUT2D eigenvalue weighted by Crippen LogP contribution is -2.32. The second-order valence-corrected chi connectivity index (χ2v) is 6.07. The van der Waals surface area contributed by atoms with Gasteiger partial charge in [0.05, 0.1) is 5.56 Å². The highest BCUT2D eigenvalue weighted by Gasteiger charge is 2.12. The van der Waals surface area contributed by atoms with Gasteiger partial charge in [0.1, 0.15) is 0 Å². The Kier molecular flexibility index (Phi) is 5.88. The fourth-order valence-electron chi connectivity index (χ4n) is 1.92. The van der Waals surface area contributed by atoms with Gasteiger partial charge < -0.3 is 5.32 Å². The average molecular weight is 299 g/mol. The minimum absolute atomic E-state index is 0.0144. The molecule has 0 radical (unpaired) electrons. The molecular formula is C18H21NOS. The van der Waals surface area contributed by atoms with Crippen LogP contribution in [0, 0.1) is 0 Å². The summed E-state index contributed by atoms with van der Waals surface area (Å²) in [6.07, 6.45) is 0.936. The van der Waals surface area contributed by atoms with Gasteiger partial charge in [-0.1, -0.05) is 49.4 Å². The lowest BCUT2D eigenvalue weighted by atomic mass is 10.2. The predicted molar refractivity (Wildman–Crippen MR) is 89.7 cm³/mol. The first-order valence-corrected chi connectivity index (χ1v) is 8.26. The number of carbonyl (C=O) groups excluding carboxylic acids is 1.